The van der Waals surface area contributed by atoms with E-state index in [1.165, 1.54) is 0 Å². The number of rotatable bonds is 4. The summed E-state index contributed by atoms with van der Waals surface area (Å²) in [6.45, 7) is 0.430. The SMILES string of the molecule is COc1cc(CNC(=O)c2ccccc2Br)ccn1. The minimum atomic E-state index is -0.122. The van der Waals surface area contributed by atoms with Gasteiger partial charge < -0.3 is 10.1 Å². The van der Waals surface area contributed by atoms with Crippen molar-refractivity contribution in [3.8, 4) is 5.88 Å². The molecule has 0 radical (unpaired) electrons. The van der Waals surface area contributed by atoms with Gasteiger partial charge in [0, 0.05) is 23.3 Å². The summed E-state index contributed by atoms with van der Waals surface area (Å²) >= 11 is 3.36. The molecule has 5 heteroatoms. The Kier molecular flexibility index (Phi) is 4.52. The van der Waals surface area contributed by atoms with E-state index in [2.05, 4.69) is 26.2 Å². The first-order valence-electron chi connectivity index (χ1n) is 5.72. The van der Waals surface area contributed by atoms with Crippen molar-refractivity contribution < 1.29 is 9.53 Å². The highest BCUT2D eigenvalue weighted by atomic mass is 79.9. The van der Waals surface area contributed by atoms with Gasteiger partial charge in [-0.2, -0.15) is 0 Å². The van der Waals surface area contributed by atoms with Crippen LogP contribution in [0, 0.1) is 0 Å². The molecular formula is C14H13BrN2O2. The molecule has 0 saturated heterocycles. The number of aromatic nitrogens is 1. The number of hydrogen-bond donors (Lipinski definition) is 1. The standard InChI is InChI=1S/C14H13BrN2O2/c1-19-13-8-10(6-7-16-13)9-17-14(18)11-4-2-3-5-12(11)15/h2-8H,9H2,1H3,(H,17,18). The second kappa shape index (κ2) is 6.33. The highest BCUT2D eigenvalue weighted by Crippen LogP contribution is 2.16. The third-order valence-electron chi connectivity index (χ3n) is 2.58. The van der Waals surface area contributed by atoms with Crippen LogP contribution in [-0.2, 0) is 6.54 Å². The monoisotopic (exact) mass is 320 g/mol. The van der Waals surface area contributed by atoms with Gasteiger partial charge in [0.05, 0.1) is 12.7 Å². The molecule has 0 aliphatic rings. The minimum absolute atomic E-state index is 0.122. The van der Waals surface area contributed by atoms with Crippen molar-refractivity contribution in [3.05, 3.63) is 58.2 Å². The van der Waals surface area contributed by atoms with E-state index < -0.39 is 0 Å². The molecule has 98 valence electrons. The zero-order chi connectivity index (χ0) is 13.7. The summed E-state index contributed by atoms with van der Waals surface area (Å²) in [5.41, 5.74) is 1.55. The summed E-state index contributed by atoms with van der Waals surface area (Å²) in [5, 5.41) is 2.86. The second-order valence-electron chi connectivity index (χ2n) is 3.87. The number of benzene rings is 1. The number of amides is 1. The molecule has 0 saturated carbocycles. The van der Waals surface area contributed by atoms with Crippen molar-refractivity contribution in [2.24, 2.45) is 0 Å². The fourth-order valence-corrected chi connectivity index (χ4v) is 2.06. The molecule has 0 unspecified atom stereocenters. The maximum Gasteiger partial charge on any atom is 0.252 e. The van der Waals surface area contributed by atoms with E-state index in [0.717, 1.165) is 10.0 Å². The lowest BCUT2D eigenvalue weighted by atomic mass is 10.2. The number of halogens is 1. The predicted octanol–water partition coefficient (Wildman–Crippen LogP) is 2.78. The molecule has 0 aliphatic carbocycles. The van der Waals surface area contributed by atoms with Gasteiger partial charge >= 0.3 is 0 Å². The van der Waals surface area contributed by atoms with E-state index in [1.807, 2.05) is 24.3 Å². The lowest BCUT2D eigenvalue weighted by molar-refractivity contribution is 0.0950. The average Bonchev–Trinajstić information content (AvgIpc) is 2.45. The van der Waals surface area contributed by atoms with Crippen LogP contribution in [0.3, 0.4) is 0 Å². The summed E-state index contributed by atoms with van der Waals surface area (Å²) < 4.78 is 5.81. The van der Waals surface area contributed by atoms with Crippen molar-refractivity contribution in [1.82, 2.24) is 10.3 Å². The molecule has 0 fully saturated rings. The maximum absolute atomic E-state index is 12.0. The number of pyridine rings is 1. The van der Waals surface area contributed by atoms with Crippen molar-refractivity contribution in [2.45, 2.75) is 6.54 Å². The maximum atomic E-state index is 12.0. The molecule has 2 rings (SSSR count). The van der Waals surface area contributed by atoms with Crippen LogP contribution < -0.4 is 10.1 Å². The van der Waals surface area contributed by atoms with Crippen LogP contribution in [0.25, 0.3) is 0 Å². The Morgan fingerprint density at radius 1 is 1.37 bits per heavy atom. The first kappa shape index (κ1) is 13.5. The number of nitrogens with one attached hydrogen (secondary N) is 1. The average molecular weight is 321 g/mol. The topological polar surface area (TPSA) is 51.2 Å². The Balaban J connectivity index is 2.02. The molecule has 1 amide bonds. The number of carbonyl (C=O) groups is 1. The normalized spacial score (nSPS) is 10.0. The predicted molar refractivity (Wildman–Crippen MR) is 76.1 cm³/mol. The van der Waals surface area contributed by atoms with Crippen molar-refractivity contribution >= 4 is 21.8 Å². The molecule has 1 aromatic heterocycles. The van der Waals surface area contributed by atoms with Gasteiger partial charge in [-0.1, -0.05) is 12.1 Å². The van der Waals surface area contributed by atoms with Gasteiger partial charge in [-0.3, -0.25) is 4.79 Å². The number of methoxy groups -OCH3 is 1. The van der Waals surface area contributed by atoms with Crippen LogP contribution in [0.1, 0.15) is 15.9 Å². The number of carbonyl (C=O) groups excluding carboxylic acids is 1. The van der Waals surface area contributed by atoms with E-state index in [0.29, 0.717) is 18.0 Å². The molecule has 0 aliphatic heterocycles. The van der Waals surface area contributed by atoms with Crippen LogP contribution in [0.2, 0.25) is 0 Å². The van der Waals surface area contributed by atoms with Gasteiger partial charge in [0.25, 0.3) is 5.91 Å². The summed E-state index contributed by atoms with van der Waals surface area (Å²) in [6, 6.07) is 10.9. The van der Waals surface area contributed by atoms with E-state index in [-0.39, 0.29) is 5.91 Å². The van der Waals surface area contributed by atoms with E-state index in [4.69, 9.17) is 4.74 Å². The lowest BCUT2D eigenvalue weighted by Gasteiger charge is -2.07. The Bertz CT molecular complexity index is 587. The van der Waals surface area contributed by atoms with Gasteiger partial charge in [-0.25, -0.2) is 4.98 Å². The molecule has 19 heavy (non-hydrogen) atoms. The smallest absolute Gasteiger partial charge is 0.252 e. The lowest BCUT2D eigenvalue weighted by Crippen LogP contribution is -2.23. The van der Waals surface area contributed by atoms with Gasteiger partial charge in [-0.05, 0) is 39.7 Å². The first-order valence-corrected chi connectivity index (χ1v) is 6.51. The van der Waals surface area contributed by atoms with E-state index in [9.17, 15) is 4.79 Å². The van der Waals surface area contributed by atoms with Crippen LogP contribution in [0.5, 0.6) is 5.88 Å². The zero-order valence-corrected chi connectivity index (χ0v) is 12.0. The van der Waals surface area contributed by atoms with E-state index in [1.54, 1.807) is 25.4 Å². The second-order valence-corrected chi connectivity index (χ2v) is 4.72. The van der Waals surface area contributed by atoms with Crippen LogP contribution in [-0.4, -0.2) is 18.0 Å². The summed E-state index contributed by atoms with van der Waals surface area (Å²) in [6.07, 6.45) is 1.65. The third-order valence-corrected chi connectivity index (χ3v) is 3.27. The zero-order valence-electron chi connectivity index (χ0n) is 10.4. The Morgan fingerprint density at radius 3 is 2.89 bits per heavy atom. The Labute approximate surface area is 119 Å². The quantitative estimate of drug-likeness (QED) is 0.942. The summed E-state index contributed by atoms with van der Waals surface area (Å²) in [7, 11) is 1.56. The largest absolute Gasteiger partial charge is 0.481 e. The van der Waals surface area contributed by atoms with Gasteiger partial charge in [-0.15, -0.1) is 0 Å². The number of nitrogens with zero attached hydrogens (tertiary/aromatic N) is 1. The van der Waals surface area contributed by atoms with E-state index >= 15 is 0 Å². The van der Waals surface area contributed by atoms with Crippen molar-refractivity contribution in [1.29, 1.82) is 0 Å². The van der Waals surface area contributed by atoms with Gasteiger partial charge in [0.2, 0.25) is 5.88 Å². The summed E-state index contributed by atoms with van der Waals surface area (Å²) in [5.74, 6) is 0.413. The molecule has 1 aromatic carbocycles. The number of hydrogen-bond acceptors (Lipinski definition) is 3. The first-order chi connectivity index (χ1) is 9.20. The minimum Gasteiger partial charge on any atom is -0.481 e. The molecular weight excluding hydrogens is 308 g/mol. The molecule has 2 aromatic rings. The molecule has 4 nitrogen and oxygen atoms in total. The van der Waals surface area contributed by atoms with Crippen molar-refractivity contribution in [3.63, 3.8) is 0 Å². The molecule has 0 bridgehead atoms. The van der Waals surface area contributed by atoms with Crippen LogP contribution >= 0.6 is 15.9 Å². The highest BCUT2D eigenvalue weighted by molar-refractivity contribution is 9.10. The fraction of sp³-hybridized carbons (Fsp3) is 0.143. The molecule has 0 spiro atoms. The number of ether oxygens (including phenoxy) is 1. The Morgan fingerprint density at radius 2 is 2.16 bits per heavy atom. The van der Waals surface area contributed by atoms with Gasteiger partial charge in [0.1, 0.15) is 0 Å². The highest BCUT2D eigenvalue weighted by Gasteiger charge is 2.08. The third kappa shape index (κ3) is 3.54. The molecule has 1 heterocycles. The molecule has 0 atom stereocenters. The van der Waals surface area contributed by atoms with Gasteiger partial charge in [0.15, 0.2) is 0 Å². The summed E-state index contributed by atoms with van der Waals surface area (Å²) in [4.78, 5) is 16.0. The molecule has 1 N–H and O–H groups in total. The Hall–Kier alpha value is -1.88. The van der Waals surface area contributed by atoms with Crippen LogP contribution in [0.4, 0.5) is 0 Å². The van der Waals surface area contributed by atoms with Crippen molar-refractivity contribution in [2.75, 3.05) is 7.11 Å². The fourth-order valence-electron chi connectivity index (χ4n) is 1.59. The van der Waals surface area contributed by atoms with Crippen LogP contribution in [0.15, 0.2) is 47.1 Å².